The van der Waals surface area contributed by atoms with Gasteiger partial charge in [-0.15, -0.1) is 0 Å². The Morgan fingerprint density at radius 3 is 2.67 bits per heavy atom. The van der Waals surface area contributed by atoms with E-state index < -0.39 is 0 Å². The highest BCUT2D eigenvalue weighted by atomic mass is 35.5. The fourth-order valence-corrected chi connectivity index (χ4v) is 2.45. The van der Waals surface area contributed by atoms with Gasteiger partial charge in [-0.3, -0.25) is 4.98 Å². The number of hydrogen-bond acceptors (Lipinski definition) is 4. The predicted octanol–water partition coefficient (Wildman–Crippen LogP) is 3.43. The highest BCUT2D eigenvalue weighted by molar-refractivity contribution is 6.32. The van der Waals surface area contributed by atoms with E-state index in [1.54, 1.807) is 31.5 Å². The first-order valence-corrected chi connectivity index (χ1v) is 6.96. The second-order valence-electron chi connectivity index (χ2n) is 4.72. The minimum atomic E-state index is -0.125. The number of aliphatic hydroxyl groups is 1. The maximum atomic E-state index is 9.34. The first-order chi connectivity index (χ1) is 10.1. The summed E-state index contributed by atoms with van der Waals surface area (Å²) in [7, 11) is 1.64. The van der Waals surface area contributed by atoms with Crippen LogP contribution in [0, 0.1) is 13.8 Å². The van der Waals surface area contributed by atoms with E-state index in [2.05, 4.69) is 4.98 Å². The molecule has 2 rings (SSSR count). The average molecular weight is 308 g/mol. The van der Waals surface area contributed by atoms with Crippen molar-refractivity contribution in [3.8, 4) is 11.5 Å². The van der Waals surface area contributed by atoms with Gasteiger partial charge in [0, 0.05) is 22.9 Å². The van der Waals surface area contributed by atoms with E-state index in [0.717, 1.165) is 22.6 Å². The second-order valence-corrected chi connectivity index (χ2v) is 5.13. The summed E-state index contributed by atoms with van der Waals surface area (Å²) in [5, 5.41) is 9.81. The Bertz CT molecular complexity index is 644. The number of halogens is 1. The van der Waals surface area contributed by atoms with Gasteiger partial charge in [0.15, 0.2) is 0 Å². The molecule has 0 fully saturated rings. The van der Waals surface area contributed by atoms with E-state index in [-0.39, 0.29) is 13.2 Å². The van der Waals surface area contributed by atoms with E-state index in [1.165, 1.54) is 0 Å². The standard InChI is InChI=1S/C16H18ClNO3/c1-10-7-18-14(11(2)15(10)20-3)9-21-16-12(8-19)5-4-6-13(16)17/h4-7,19H,8-9H2,1-3H3. The average Bonchev–Trinajstić information content (AvgIpc) is 2.48. The predicted molar refractivity (Wildman–Crippen MR) is 82.0 cm³/mol. The van der Waals surface area contributed by atoms with Gasteiger partial charge in [-0.2, -0.15) is 0 Å². The highest BCUT2D eigenvalue weighted by Crippen LogP contribution is 2.30. The van der Waals surface area contributed by atoms with Gasteiger partial charge in [0.2, 0.25) is 0 Å². The lowest BCUT2D eigenvalue weighted by molar-refractivity contribution is 0.257. The monoisotopic (exact) mass is 307 g/mol. The minimum Gasteiger partial charge on any atom is -0.496 e. The second kappa shape index (κ2) is 6.78. The van der Waals surface area contributed by atoms with Crippen molar-refractivity contribution in [1.82, 2.24) is 4.98 Å². The van der Waals surface area contributed by atoms with Crippen LogP contribution in [0.15, 0.2) is 24.4 Å². The van der Waals surface area contributed by atoms with Gasteiger partial charge in [-0.25, -0.2) is 0 Å². The fraction of sp³-hybridized carbons (Fsp3) is 0.312. The Morgan fingerprint density at radius 1 is 1.24 bits per heavy atom. The van der Waals surface area contributed by atoms with E-state index >= 15 is 0 Å². The van der Waals surface area contributed by atoms with Crippen LogP contribution in [0.5, 0.6) is 11.5 Å². The maximum absolute atomic E-state index is 9.34. The largest absolute Gasteiger partial charge is 0.496 e. The number of nitrogens with zero attached hydrogens (tertiary/aromatic N) is 1. The molecule has 0 amide bonds. The number of methoxy groups -OCH3 is 1. The molecule has 0 saturated heterocycles. The summed E-state index contributed by atoms with van der Waals surface area (Å²) in [6, 6.07) is 5.28. The quantitative estimate of drug-likeness (QED) is 0.919. The third-order valence-corrected chi connectivity index (χ3v) is 3.62. The lowest BCUT2D eigenvalue weighted by Crippen LogP contribution is -2.05. The van der Waals surface area contributed by atoms with Crippen LogP contribution in [0.25, 0.3) is 0 Å². The van der Waals surface area contributed by atoms with Crippen LogP contribution in [-0.2, 0) is 13.2 Å². The zero-order chi connectivity index (χ0) is 15.4. The van der Waals surface area contributed by atoms with Crippen LogP contribution in [0.2, 0.25) is 5.02 Å². The Kier molecular flexibility index (Phi) is 5.04. The summed E-state index contributed by atoms with van der Waals surface area (Å²) in [4.78, 5) is 4.38. The summed E-state index contributed by atoms with van der Waals surface area (Å²) in [6.45, 7) is 4.03. The molecule has 0 atom stereocenters. The van der Waals surface area contributed by atoms with Gasteiger partial charge in [0.1, 0.15) is 18.1 Å². The van der Waals surface area contributed by atoms with E-state index in [1.807, 2.05) is 13.8 Å². The summed E-state index contributed by atoms with van der Waals surface area (Å²) < 4.78 is 11.1. The van der Waals surface area contributed by atoms with Crippen LogP contribution in [0.3, 0.4) is 0 Å². The molecule has 0 saturated carbocycles. The van der Waals surface area contributed by atoms with Crippen molar-refractivity contribution in [2.45, 2.75) is 27.1 Å². The van der Waals surface area contributed by atoms with Gasteiger partial charge in [0.05, 0.1) is 24.4 Å². The van der Waals surface area contributed by atoms with Gasteiger partial charge >= 0.3 is 0 Å². The Labute approximate surface area is 129 Å². The van der Waals surface area contributed by atoms with Gasteiger partial charge in [-0.1, -0.05) is 23.7 Å². The smallest absolute Gasteiger partial charge is 0.143 e. The van der Waals surface area contributed by atoms with Crippen molar-refractivity contribution in [1.29, 1.82) is 0 Å². The number of para-hydroxylation sites is 1. The van der Waals surface area contributed by atoms with Crippen LogP contribution < -0.4 is 9.47 Å². The van der Waals surface area contributed by atoms with Crippen LogP contribution in [0.1, 0.15) is 22.4 Å². The lowest BCUT2D eigenvalue weighted by atomic mass is 10.1. The zero-order valence-corrected chi connectivity index (χ0v) is 13.1. The highest BCUT2D eigenvalue weighted by Gasteiger charge is 2.12. The molecule has 2 aromatic rings. The van der Waals surface area contributed by atoms with Gasteiger partial charge in [0.25, 0.3) is 0 Å². The summed E-state index contributed by atoms with van der Waals surface area (Å²) in [5.74, 6) is 1.30. The maximum Gasteiger partial charge on any atom is 0.143 e. The number of pyridine rings is 1. The van der Waals surface area contributed by atoms with Gasteiger partial charge in [-0.05, 0) is 19.9 Å². The van der Waals surface area contributed by atoms with Crippen LogP contribution in [0.4, 0.5) is 0 Å². The fourth-order valence-electron chi connectivity index (χ4n) is 2.20. The number of aromatic nitrogens is 1. The van der Waals surface area contributed by atoms with Crippen LogP contribution >= 0.6 is 11.6 Å². The molecule has 1 aromatic carbocycles. The molecule has 5 heteroatoms. The van der Waals surface area contributed by atoms with Crippen molar-refractivity contribution in [3.63, 3.8) is 0 Å². The summed E-state index contributed by atoms with van der Waals surface area (Å²) in [5.41, 5.74) is 3.35. The Morgan fingerprint density at radius 2 is 2.00 bits per heavy atom. The third-order valence-electron chi connectivity index (χ3n) is 3.32. The molecule has 0 spiro atoms. The molecule has 0 aliphatic heterocycles. The number of hydrogen-bond donors (Lipinski definition) is 1. The van der Waals surface area contributed by atoms with Crippen LogP contribution in [-0.4, -0.2) is 17.2 Å². The van der Waals surface area contributed by atoms with Crippen molar-refractivity contribution in [2.24, 2.45) is 0 Å². The van der Waals surface area contributed by atoms with Gasteiger partial charge < -0.3 is 14.6 Å². The molecule has 4 nitrogen and oxygen atoms in total. The SMILES string of the molecule is COc1c(C)cnc(COc2c(Cl)cccc2CO)c1C. The van der Waals surface area contributed by atoms with E-state index in [9.17, 15) is 5.11 Å². The zero-order valence-electron chi connectivity index (χ0n) is 12.3. The minimum absolute atomic E-state index is 0.125. The number of ether oxygens (including phenoxy) is 2. The molecular weight excluding hydrogens is 290 g/mol. The number of benzene rings is 1. The normalized spacial score (nSPS) is 10.5. The molecule has 1 N–H and O–H groups in total. The summed E-state index contributed by atoms with van der Waals surface area (Å²) in [6.07, 6.45) is 1.75. The molecule has 21 heavy (non-hydrogen) atoms. The lowest BCUT2D eigenvalue weighted by Gasteiger charge is -2.15. The number of rotatable bonds is 5. The molecule has 0 unspecified atom stereocenters. The summed E-state index contributed by atoms with van der Waals surface area (Å²) >= 11 is 6.12. The molecular formula is C16H18ClNO3. The molecule has 0 bridgehead atoms. The van der Waals surface area contributed by atoms with E-state index in [4.69, 9.17) is 21.1 Å². The number of aliphatic hydroxyl groups excluding tert-OH is 1. The molecule has 0 aliphatic rings. The van der Waals surface area contributed by atoms with Crippen molar-refractivity contribution in [3.05, 3.63) is 51.8 Å². The Balaban J connectivity index is 2.25. The molecule has 112 valence electrons. The molecule has 0 aliphatic carbocycles. The van der Waals surface area contributed by atoms with Crippen molar-refractivity contribution in [2.75, 3.05) is 7.11 Å². The molecule has 1 aromatic heterocycles. The van der Waals surface area contributed by atoms with E-state index in [0.29, 0.717) is 16.3 Å². The third kappa shape index (κ3) is 3.28. The molecule has 0 radical (unpaired) electrons. The Hall–Kier alpha value is -1.78. The first-order valence-electron chi connectivity index (χ1n) is 6.58. The number of aryl methyl sites for hydroxylation is 1. The first kappa shape index (κ1) is 15.6. The molecule has 1 heterocycles. The van der Waals surface area contributed by atoms with Crippen molar-refractivity contribution < 1.29 is 14.6 Å². The van der Waals surface area contributed by atoms with Crippen molar-refractivity contribution >= 4 is 11.6 Å². The topological polar surface area (TPSA) is 51.6 Å².